The second-order valence-corrected chi connectivity index (χ2v) is 6.04. The molecule has 0 aliphatic carbocycles. The lowest BCUT2D eigenvalue weighted by Gasteiger charge is -2.42. The van der Waals surface area contributed by atoms with Gasteiger partial charge in [0.2, 0.25) is 0 Å². The molecule has 1 amide bonds. The largest absolute Gasteiger partial charge is 0.322 e. The molecule has 1 heterocycles. The minimum Gasteiger partial charge on any atom is -0.322 e. The smallest absolute Gasteiger partial charge is 0.272 e. The van der Waals surface area contributed by atoms with E-state index < -0.39 is 28.4 Å². The van der Waals surface area contributed by atoms with E-state index in [9.17, 15) is 24.6 Å². The molecule has 0 unspecified atom stereocenters. The number of nitriles is 1. The van der Waals surface area contributed by atoms with Crippen molar-refractivity contribution < 1.29 is 14.1 Å². The number of amides is 1. The average Bonchev–Trinajstić information content (AvgIpc) is 2.45. The minimum atomic E-state index is -0.945. The fraction of sp³-hybridized carbons (Fsp3) is 0.467. The van der Waals surface area contributed by atoms with Gasteiger partial charge in [0.25, 0.3) is 11.6 Å². The Morgan fingerprint density at radius 3 is 2.77 bits per heavy atom. The molecule has 22 heavy (non-hydrogen) atoms. The zero-order chi connectivity index (χ0) is 16.5. The van der Waals surface area contributed by atoms with Gasteiger partial charge in [0.1, 0.15) is 11.9 Å². The first kappa shape index (κ1) is 15.9. The number of non-ortho nitro benzene ring substituents is 1. The number of hydrogen-bond donors (Lipinski definition) is 0. The molecule has 1 aromatic rings. The average molecular weight is 305 g/mol. The summed E-state index contributed by atoms with van der Waals surface area (Å²) in [7, 11) is 0. The molecule has 0 bridgehead atoms. The van der Waals surface area contributed by atoms with Gasteiger partial charge in [-0.15, -0.1) is 0 Å². The first-order valence-corrected chi connectivity index (χ1v) is 6.92. The van der Waals surface area contributed by atoms with E-state index in [4.69, 9.17) is 0 Å². The van der Waals surface area contributed by atoms with Crippen molar-refractivity contribution >= 4 is 11.6 Å². The van der Waals surface area contributed by atoms with Crippen LogP contribution in [0.1, 0.15) is 37.0 Å². The van der Waals surface area contributed by atoms with Crippen molar-refractivity contribution in [2.75, 3.05) is 6.54 Å². The van der Waals surface area contributed by atoms with Crippen LogP contribution < -0.4 is 0 Å². The van der Waals surface area contributed by atoms with Crippen LogP contribution in [0.3, 0.4) is 0 Å². The topological polar surface area (TPSA) is 87.2 Å². The molecule has 1 atom stereocenters. The SMILES string of the molecule is CC1(C)CCCN(C(=O)c2ccc([N+](=O)[O-])cc2F)[C@@H]1C#N. The molecule has 1 fully saturated rings. The Bertz CT molecular complexity index is 666. The summed E-state index contributed by atoms with van der Waals surface area (Å²) >= 11 is 0. The molecule has 0 saturated carbocycles. The Kier molecular flexibility index (Phi) is 4.13. The van der Waals surface area contributed by atoms with E-state index in [2.05, 4.69) is 6.07 Å². The van der Waals surface area contributed by atoms with Gasteiger partial charge in [-0.1, -0.05) is 13.8 Å². The number of carbonyl (C=O) groups excluding carboxylic acids is 1. The van der Waals surface area contributed by atoms with Crippen LogP contribution in [-0.4, -0.2) is 28.3 Å². The molecule has 7 heteroatoms. The normalized spacial score (nSPS) is 20.3. The molecule has 2 rings (SSSR count). The first-order chi connectivity index (χ1) is 10.3. The number of benzene rings is 1. The highest BCUT2D eigenvalue weighted by atomic mass is 19.1. The molecule has 0 aromatic heterocycles. The van der Waals surface area contributed by atoms with Gasteiger partial charge in [-0.2, -0.15) is 5.26 Å². The van der Waals surface area contributed by atoms with Gasteiger partial charge in [-0.05, 0) is 24.3 Å². The lowest BCUT2D eigenvalue weighted by molar-refractivity contribution is -0.385. The van der Waals surface area contributed by atoms with Gasteiger partial charge >= 0.3 is 0 Å². The predicted octanol–water partition coefficient (Wildman–Crippen LogP) is 2.89. The lowest BCUT2D eigenvalue weighted by Crippen LogP contribution is -2.51. The third-order valence-corrected chi connectivity index (χ3v) is 4.05. The first-order valence-electron chi connectivity index (χ1n) is 6.92. The maximum Gasteiger partial charge on any atom is 0.272 e. The number of nitrogens with zero attached hydrogens (tertiary/aromatic N) is 3. The molecule has 1 aliphatic heterocycles. The Morgan fingerprint density at radius 2 is 2.23 bits per heavy atom. The maximum absolute atomic E-state index is 14.0. The summed E-state index contributed by atoms with van der Waals surface area (Å²) in [5.74, 6) is -1.55. The Balaban J connectivity index is 2.35. The van der Waals surface area contributed by atoms with Crippen molar-refractivity contribution in [3.8, 4) is 6.07 Å². The highest BCUT2D eigenvalue weighted by molar-refractivity contribution is 5.95. The van der Waals surface area contributed by atoms with Gasteiger partial charge in [-0.25, -0.2) is 4.39 Å². The molecule has 0 spiro atoms. The number of nitro benzene ring substituents is 1. The van der Waals surface area contributed by atoms with Gasteiger partial charge in [0.05, 0.1) is 22.6 Å². The lowest BCUT2D eigenvalue weighted by atomic mass is 9.77. The summed E-state index contributed by atoms with van der Waals surface area (Å²) in [4.78, 5) is 23.8. The van der Waals surface area contributed by atoms with Crippen molar-refractivity contribution in [2.45, 2.75) is 32.7 Å². The van der Waals surface area contributed by atoms with E-state index >= 15 is 0 Å². The van der Waals surface area contributed by atoms with Crippen molar-refractivity contribution in [1.82, 2.24) is 4.90 Å². The number of hydrogen-bond acceptors (Lipinski definition) is 4. The van der Waals surface area contributed by atoms with E-state index in [0.29, 0.717) is 6.54 Å². The van der Waals surface area contributed by atoms with E-state index in [1.807, 2.05) is 13.8 Å². The number of nitro groups is 1. The Labute approximate surface area is 127 Å². The van der Waals surface area contributed by atoms with E-state index in [0.717, 1.165) is 31.0 Å². The zero-order valence-corrected chi connectivity index (χ0v) is 12.4. The predicted molar refractivity (Wildman–Crippen MR) is 76.5 cm³/mol. The third kappa shape index (κ3) is 2.77. The number of halogens is 1. The Morgan fingerprint density at radius 1 is 1.55 bits per heavy atom. The molecule has 0 radical (unpaired) electrons. The molecule has 6 nitrogen and oxygen atoms in total. The monoisotopic (exact) mass is 305 g/mol. The van der Waals surface area contributed by atoms with Crippen LogP contribution in [0.2, 0.25) is 0 Å². The molecule has 0 N–H and O–H groups in total. The van der Waals surface area contributed by atoms with Crippen LogP contribution in [0.4, 0.5) is 10.1 Å². The van der Waals surface area contributed by atoms with Crippen LogP contribution >= 0.6 is 0 Å². The van der Waals surface area contributed by atoms with Crippen LogP contribution in [0.15, 0.2) is 18.2 Å². The third-order valence-electron chi connectivity index (χ3n) is 4.05. The molecule has 1 aliphatic rings. The van der Waals surface area contributed by atoms with Crippen molar-refractivity contribution in [3.05, 3.63) is 39.7 Å². The summed E-state index contributed by atoms with van der Waals surface area (Å²) in [6, 6.07) is 4.39. The highest BCUT2D eigenvalue weighted by Crippen LogP contribution is 2.35. The number of carbonyl (C=O) groups is 1. The van der Waals surface area contributed by atoms with Gasteiger partial charge in [0, 0.05) is 12.6 Å². The molecular weight excluding hydrogens is 289 g/mol. The highest BCUT2D eigenvalue weighted by Gasteiger charge is 2.40. The van der Waals surface area contributed by atoms with Crippen molar-refractivity contribution in [2.24, 2.45) is 5.41 Å². The summed E-state index contributed by atoms with van der Waals surface area (Å²) in [6.45, 7) is 4.16. The van der Waals surface area contributed by atoms with Crippen LogP contribution in [0.5, 0.6) is 0 Å². The second-order valence-electron chi connectivity index (χ2n) is 6.04. The second kappa shape index (κ2) is 5.72. The van der Waals surface area contributed by atoms with Gasteiger partial charge in [-0.3, -0.25) is 14.9 Å². The van der Waals surface area contributed by atoms with E-state index in [1.54, 1.807) is 0 Å². The maximum atomic E-state index is 14.0. The summed E-state index contributed by atoms with van der Waals surface area (Å²) in [6.07, 6.45) is 1.53. The van der Waals surface area contributed by atoms with Gasteiger partial charge < -0.3 is 4.90 Å². The molecular formula is C15H16FN3O3. The molecule has 1 aromatic carbocycles. The standard InChI is InChI=1S/C15H16FN3O3/c1-15(2)6-3-7-18(13(15)9-17)14(20)11-5-4-10(19(21)22)8-12(11)16/h4-5,8,13H,3,6-7H2,1-2H3/t13-/m1/s1. The van der Waals surface area contributed by atoms with E-state index in [1.165, 1.54) is 4.90 Å². The van der Waals surface area contributed by atoms with Crippen LogP contribution in [0, 0.1) is 32.7 Å². The minimum absolute atomic E-state index is 0.247. The number of piperidine rings is 1. The fourth-order valence-electron chi connectivity index (χ4n) is 2.80. The number of rotatable bonds is 2. The number of likely N-dealkylation sites (tertiary alicyclic amines) is 1. The van der Waals surface area contributed by atoms with E-state index in [-0.39, 0.29) is 11.0 Å². The van der Waals surface area contributed by atoms with Crippen molar-refractivity contribution in [3.63, 3.8) is 0 Å². The fourth-order valence-corrected chi connectivity index (χ4v) is 2.80. The quantitative estimate of drug-likeness (QED) is 0.621. The Hall–Kier alpha value is -2.49. The summed E-state index contributed by atoms with van der Waals surface area (Å²) < 4.78 is 14.0. The molecule has 116 valence electrons. The van der Waals surface area contributed by atoms with Crippen molar-refractivity contribution in [1.29, 1.82) is 5.26 Å². The summed E-state index contributed by atoms with van der Waals surface area (Å²) in [5, 5.41) is 20.0. The summed E-state index contributed by atoms with van der Waals surface area (Å²) in [5.41, 5.74) is -1.03. The van der Waals surface area contributed by atoms with Crippen LogP contribution in [0.25, 0.3) is 0 Å². The van der Waals surface area contributed by atoms with Crippen LogP contribution in [-0.2, 0) is 0 Å². The van der Waals surface area contributed by atoms with Gasteiger partial charge in [0.15, 0.2) is 0 Å². The molecule has 1 saturated heterocycles. The zero-order valence-electron chi connectivity index (χ0n) is 12.4.